The minimum absolute atomic E-state index is 0.514. The molecule has 9 heteroatoms. The Balaban J connectivity index is 1.33. The Morgan fingerprint density at radius 2 is 1.74 bits per heavy atom. The van der Waals surface area contributed by atoms with E-state index in [4.69, 9.17) is 9.26 Å². The first kappa shape index (κ1) is 23.6. The fraction of sp³-hybridized carbons (Fsp3) is 0.385. The average molecular weight is 491 g/mol. The van der Waals surface area contributed by atoms with Crippen molar-refractivity contribution in [1.29, 1.82) is 0 Å². The molecule has 0 spiro atoms. The molecule has 1 aliphatic rings. The van der Waals surface area contributed by atoms with E-state index in [9.17, 15) is 0 Å². The third kappa shape index (κ3) is 5.91. The molecule has 5 rings (SSSR count). The van der Waals surface area contributed by atoms with Crippen molar-refractivity contribution >= 4 is 11.8 Å². The Bertz CT molecular complexity index is 1220. The molecule has 35 heavy (non-hydrogen) atoms. The zero-order valence-corrected chi connectivity index (χ0v) is 20.8. The predicted octanol–water partition coefficient (Wildman–Crippen LogP) is 5.05. The number of rotatable bonds is 10. The van der Waals surface area contributed by atoms with E-state index in [1.165, 1.54) is 24.8 Å². The van der Waals surface area contributed by atoms with Gasteiger partial charge in [-0.1, -0.05) is 65.8 Å². The molecule has 0 unspecified atom stereocenters. The highest BCUT2D eigenvalue weighted by molar-refractivity contribution is 7.98. The Kier molecular flexibility index (Phi) is 7.75. The zero-order chi connectivity index (χ0) is 23.9. The Morgan fingerprint density at radius 3 is 2.57 bits per heavy atom. The second-order valence-corrected chi connectivity index (χ2v) is 9.48. The first-order chi connectivity index (χ1) is 17.3. The van der Waals surface area contributed by atoms with E-state index in [-0.39, 0.29) is 0 Å². The largest absolute Gasteiger partial charge is 0.493 e. The van der Waals surface area contributed by atoms with Crippen LogP contribution in [0.5, 0.6) is 5.75 Å². The van der Waals surface area contributed by atoms with Crippen molar-refractivity contribution in [2.75, 3.05) is 19.7 Å². The van der Waals surface area contributed by atoms with Gasteiger partial charge in [0.1, 0.15) is 11.6 Å². The molecule has 0 atom stereocenters. The summed E-state index contributed by atoms with van der Waals surface area (Å²) in [5.41, 5.74) is 2.05. The van der Waals surface area contributed by atoms with Crippen molar-refractivity contribution in [2.24, 2.45) is 0 Å². The third-order valence-electron chi connectivity index (χ3n) is 6.01. The minimum atomic E-state index is 0.514. The number of hydrogen-bond acceptors (Lipinski definition) is 8. The summed E-state index contributed by atoms with van der Waals surface area (Å²) in [6.07, 6.45) is 3.82. The van der Waals surface area contributed by atoms with Crippen LogP contribution in [0, 0.1) is 0 Å². The molecule has 0 bridgehead atoms. The van der Waals surface area contributed by atoms with Gasteiger partial charge in [0.25, 0.3) is 0 Å². The SMILES string of the molecule is CCOc1ccccc1-c1noc(CSc2nnc(CN3CCCCC3)n2Cc2ccccc2)n1. The van der Waals surface area contributed by atoms with Gasteiger partial charge in [-0.05, 0) is 50.6 Å². The first-order valence-electron chi connectivity index (χ1n) is 12.2. The third-order valence-corrected chi connectivity index (χ3v) is 6.96. The fourth-order valence-corrected chi connectivity index (χ4v) is 5.06. The second-order valence-electron chi connectivity index (χ2n) is 8.54. The molecular formula is C26H30N6O2S. The van der Waals surface area contributed by atoms with Crippen molar-refractivity contribution in [3.63, 3.8) is 0 Å². The van der Waals surface area contributed by atoms with Gasteiger partial charge in [-0.2, -0.15) is 4.98 Å². The van der Waals surface area contributed by atoms with E-state index in [1.54, 1.807) is 11.8 Å². The number of aromatic nitrogens is 5. The van der Waals surface area contributed by atoms with E-state index >= 15 is 0 Å². The molecule has 8 nitrogen and oxygen atoms in total. The van der Waals surface area contributed by atoms with E-state index in [0.717, 1.165) is 48.5 Å². The van der Waals surface area contributed by atoms with Crippen LogP contribution in [-0.4, -0.2) is 49.5 Å². The van der Waals surface area contributed by atoms with Crippen molar-refractivity contribution in [3.8, 4) is 17.1 Å². The van der Waals surface area contributed by atoms with Crippen LogP contribution in [0.1, 0.15) is 43.5 Å². The van der Waals surface area contributed by atoms with Gasteiger partial charge in [-0.25, -0.2) is 0 Å². The van der Waals surface area contributed by atoms with Gasteiger partial charge < -0.3 is 13.8 Å². The molecule has 0 amide bonds. The van der Waals surface area contributed by atoms with E-state index in [1.807, 2.05) is 37.3 Å². The van der Waals surface area contributed by atoms with E-state index < -0.39 is 0 Å². The molecule has 4 aromatic rings. The van der Waals surface area contributed by atoms with Crippen LogP contribution in [0.3, 0.4) is 0 Å². The van der Waals surface area contributed by atoms with Crippen molar-refractivity contribution in [2.45, 2.75) is 50.2 Å². The van der Waals surface area contributed by atoms with Gasteiger partial charge in [0.2, 0.25) is 11.7 Å². The molecule has 0 aliphatic carbocycles. The maximum atomic E-state index is 5.71. The topological polar surface area (TPSA) is 82.1 Å². The van der Waals surface area contributed by atoms with Gasteiger partial charge in [0.15, 0.2) is 5.16 Å². The molecule has 3 heterocycles. The summed E-state index contributed by atoms with van der Waals surface area (Å²) in [6, 6.07) is 18.2. The summed E-state index contributed by atoms with van der Waals surface area (Å²) in [4.78, 5) is 7.08. The maximum Gasteiger partial charge on any atom is 0.237 e. The summed E-state index contributed by atoms with van der Waals surface area (Å²) >= 11 is 1.57. The summed E-state index contributed by atoms with van der Waals surface area (Å²) in [6.45, 7) is 6.33. The van der Waals surface area contributed by atoms with E-state index in [0.29, 0.717) is 24.1 Å². The zero-order valence-electron chi connectivity index (χ0n) is 20.0. The quantitative estimate of drug-likeness (QED) is 0.286. The van der Waals surface area contributed by atoms with Crippen LogP contribution < -0.4 is 4.74 Å². The standard InChI is InChI=1S/C26H30N6O2S/c1-2-33-22-14-8-7-13-21(22)25-27-24(34-30-25)19-35-26-29-28-23(18-31-15-9-4-10-16-31)32(26)17-20-11-5-3-6-12-20/h3,5-8,11-14H,2,4,9-10,15-19H2,1H3. The second kappa shape index (κ2) is 11.5. The molecule has 0 N–H and O–H groups in total. The van der Waals surface area contributed by atoms with Crippen molar-refractivity contribution in [1.82, 2.24) is 29.8 Å². The monoisotopic (exact) mass is 490 g/mol. The fourth-order valence-electron chi connectivity index (χ4n) is 4.27. The molecule has 1 aliphatic heterocycles. The van der Waals surface area contributed by atoms with Crippen LogP contribution >= 0.6 is 11.8 Å². The molecule has 1 fully saturated rings. The number of thioether (sulfide) groups is 1. The van der Waals surface area contributed by atoms with Crippen LogP contribution in [0.15, 0.2) is 64.3 Å². The highest BCUT2D eigenvalue weighted by Gasteiger charge is 2.19. The first-order valence-corrected chi connectivity index (χ1v) is 13.1. The summed E-state index contributed by atoms with van der Waals surface area (Å²) in [5.74, 6) is 3.33. The summed E-state index contributed by atoms with van der Waals surface area (Å²) in [7, 11) is 0. The predicted molar refractivity (Wildman–Crippen MR) is 135 cm³/mol. The molecular weight excluding hydrogens is 460 g/mol. The molecule has 182 valence electrons. The Morgan fingerprint density at radius 1 is 0.943 bits per heavy atom. The lowest BCUT2D eigenvalue weighted by Gasteiger charge is -2.26. The Hall–Kier alpha value is -3.17. The molecule has 2 aromatic carbocycles. The van der Waals surface area contributed by atoms with E-state index in [2.05, 4.69) is 54.1 Å². The van der Waals surface area contributed by atoms with Crippen LogP contribution in [0.4, 0.5) is 0 Å². The number of para-hydroxylation sites is 1. The van der Waals surface area contributed by atoms with Gasteiger partial charge in [-0.3, -0.25) is 4.90 Å². The highest BCUT2D eigenvalue weighted by Crippen LogP contribution is 2.29. The number of nitrogens with zero attached hydrogens (tertiary/aromatic N) is 6. The molecule has 0 saturated carbocycles. The van der Waals surface area contributed by atoms with Crippen molar-refractivity contribution < 1.29 is 9.26 Å². The number of piperidine rings is 1. The normalized spacial score (nSPS) is 14.3. The lowest BCUT2D eigenvalue weighted by atomic mass is 10.1. The molecule has 1 saturated heterocycles. The van der Waals surface area contributed by atoms with Gasteiger partial charge in [0.05, 0.1) is 31.0 Å². The number of ether oxygens (including phenoxy) is 1. The summed E-state index contributed by atoms with van der Waals surface area (Å²) < 4.78 is 13.5. The maximum absolute atomic E-state index is 5.71. The van der Waals surface area contributed by atoms with Gasteiger partial charge in [-0.15, -0.1) is 10.2 Å². The van der Waals surface area contributed by atoms with Crippen LogP contribution in [-0.2, 0) is 18.8 Å². The van der Waals surface area contributed by atoms with Gasteiger partial charge in [0, 0.05) is 0 Å². The molecule has 0 radical (unpaired) electrons. The lowest BCUT2D eigenvalue weighted by Crippen LogP contribution is -2.30. The highest BCUT2D eigenvalue weighted by atomic mass is 32.2. The summed E-state index contributed by atoms with van der Waals surface area (Å²) in [5, 5.41) is 14.1. The van der Waals surface area contributed by atoms with Crippen LogP contribution in [0.2, 0.25) is 0 Å². The van der Waals surface area contributed by atoms with Crippen molar-refractivity contribution in [3.05, 3.63) is 71.9 Å². The minimum Gasteiger partial charge on any atom is -0.493 e. The van der Waals surface area contributed by atoms with Crippen LogP contribution in [0.25, 0.3) is 11.4 Å². The lowest BCUT2D eigenvalue weighted by molar-refractivity contribution is 0.213. The smallest absolute Gasteiger partial charge is 0.237 e. The Labute approximate surface area is 209 Å². The number of likely N-dealkylation sites (tertiary alicyclic amines) is 1. The van der Waals surface area contributed by atoms with Gasteiger partial charge >= 0.3 is 0 Å². The number of benzene rings is 2. The molecule has 2 aromatic heterocycles. The average Bonchev–Trinajstić information content (AvgIpc) is 3.52. The number of hydrogen-bond donors (Lipinski definition) is 0.